The standard InChI is InChI=1S/C14H19BrN2O/c1-14(13(16)18,17-9-11-2-3-11)8-10-4-6-12(15)7-5-10/h4-7,11,17H,2-3,8-9H2,1H3,(H2,16,18). The fourth-order valence-corrected chi connectivity index (χ4v) is 2.20. The van der Waals surface area contributed by atoms with E-state index >= 15 is 0 Å². The first kappa shape index (κ1) is 13.6. The van der Waals surface area contributed by atoms with Crippen molar-refractivity contribution in [3.05, 3.63) is 34.3 Å². The van der Waals surface area contributed by atoms with Crippen molar-refractivity contribution >= 4 is 21.8 Å². The van der Waals surface area contributed by atoms with E-state index in [9.17, 15) is 4.79 Å². The van der Waals surface area contributed by atoms with E-state index in [0.717, 1.165) is 22.5 Å². The van der Waals surface area contributed by atoms with Crippen LogP contribution in [0.5, 0.6) is 0 Å². The number of rotatable bonds is 6. The highest BCUT2D eigenvalue weighted by molar-refractivity contribution is 9.10. The van der Waals surface area contributed by atoms with Crippen LogP contribution in [0.1, 0.15) is 25.3 Å². The lowest BCUT2D eigenvalue weighted by atomic mass is 9.92. The zero-order valence-electron chi connectivity index (χ0n) is 10.6. The van der Waals surface area contributed by atoms with Crippen molar-refractivity contribution in [1.29, 1.82) is 0 Å². The quantitative estimate of drug-likeness (QED) is 0.846. The monoisotopic (exact) mass is 310 g/mol. The number of carbonyl (C=O) groups is 1. The molecule has 0 aliphatic heterocycles. The molecular formula is C14H19BrN2O. The molecule has 1 fully saturated rings. The molecule has 1 aromatic carbocycles. The number of carbonyl (C=O) groups excluding carboxylic acids is 1. The number of benzene rings is 1. The molecule has 1 aromatic rings. The van der Waals surface area contributed by atoms with Gasteiger partial charge in [-0.05, 0) is 56.3 Å². The summed E-state index contributed by atoms with van der Waals surface area (Å²) in [5, 5.41) is 3.33. The topological polar surface area (TPSA) is 55.1 Å². The first-order valence-electron chi connectivity index (χ1n) is 6.29. The predicted molar refractivity (Wildman–Crippen MR) is 76.2 cm³/mol. The summed E-state index contributed by atoms with van der Waals surface area (Å²) in [5.41, 5.74) is 6.00. The molecule has 0 spiro atoms. The summed E-state index contributed by atoms with van der Waals surface area (Å²) in [5.74, 6) is 0.444. The van der Waals surface area contributed by atoms with Gasteiger partial charge in [-0.3, -0.25) is 4.79 Å². The molecule has 1 aliphatic rings. The van der Waals surface area contributed by atoms with Crippen LogP contribution < -0.4 is 11.1 Å². The van der Waals surface area contributed by atoms with Crippen LogP contribution in [0.15, 0.2) is 28.7 Å². The van der Waals surface area contributed by atoms with Gasteiger partial charge < -0.3 is 11.1 Å². The molecule has 1 saturated carbocycles. The Hall–Kier alpha value is -0.870. The summed E-state index contributed by atoms with van der Waals surface area (Å²) in [4.78, 5) is 11.7. The molecule has 0 heterocycles. The fourth-order valence-electron chi connectivity index (χ4n) is 1.94. The molecule has 18 heavy (non-hydrogen) atoms. The minimum Gasteiger partial charge on any atom is -0.368 e. The number of primary amides is 1. The highest BCUT2D eigenvalue weighted by atomic mass is 79.9. The Kier molecular flexibility index (Phi) is 4.07. The van der Waals surface area contributed by atoms with E-state index in [2.05, 4.69) is 21.2 Å². The van der Waals surface area contributed by atoms with Crippen LogP contribution in [0.4, 0.5) is 0 Å². The first-order valence-corrected chi connectivity index (χ1v) is 7.08. The number of amides is 1. The van der Waals surface area contributed by atoms with Crippen molar-refractivity contribution in [3.8, 4) is 0 Å². The summed E-state index contributed by atoms with van der Waals surface area (Å²) in [7, 11) is 0. The van der Waals surface area contributed by atoms with E-state index in [1.807, 2.05) is 31.2 Å². The molecule has 3 nitrogen and oxygen atoms in total. The number of nitrogens with two attached hydrogens (primary N) is 1. The van der Waals surface area contributed by atoms with Crippen molar-refractivity contribution in [2.75, 3.05) is 6.54 Å². The molecule has 3 N–H and O–H groups in total. The second-order valence-electron chi connectivity index (χ2n) is 5.32. The SMILES string of the molecule is CC(Cc1ccc(Br)cc1)(NCC1CC1)C(N)=O. The van der Waals surface area contributed by atoms with Crippen LogP contribution in [0.25, 0.3) is 0 Å². The van der Waals surface area contributed by atoms with Crippen LogP contribution in [-0.2, 0) is 11.2 Å². The lowest BCUT2D eigenvalue weighted by Gasteiger charge is -2.28. The van der Waals surface area contributed by atoms with Gasteiger partial charge in [0.25, 0.3) is 0 Å². The zero-order valence-corrected chi connectivity index (χ0v) is 12.2. The zero-order chi connectivity index (χ0) is 13.2. The normalized spacial score (nSPS) is 18.3. The fraction of sp³-hybridized carbons (Fsp3) is 0.500. The summed E-state index contributed by atoms with van der Waals surface area (Å²) >= 11 is 3.40. The second-order valence-corrected chi connectivity index (χ2v) is 6.24. The molecule has 0 aromatic heterocycles. The summed E-state index contributed by atoms with van der Waals surface area (Å²) in [6.07, 6.45) is 3.16. The Bertz CT molecular complexity index is 428. The number of hydrogen-bond acceptors (Lipinski definition) is 2. The van der Waals surface area contributed by atoms with Crippen LogP contribution in [0, 0.1) is 5.92 Å². The van der Waals surface area contributed by atoms with Crippen molar-refractivity contribution in [1.82, 2.24) is 5.32 Å². The number of nitrogens with one attached hydrogen (secondary N) is 1. The Morgan fingerprint density at radius 3 is 2.56 bits per heavy atom. The Morgan fingerprint density at radius 1 is 1.44 bits per heavy atom. The minimum absolute atomic E-state index is 0.286. The Balaban J connectivity index is 2.03. The van der Waals surface area contributed by atoms with E-state index in [1.165, 1.54) is 12.8 Å². The number of halogens is 1. The molecule has 2 rings (SSSR count). The van der Waals surface area contributed by atoms with Gasteiger partial charge in [0.05, 0.1) is 5.54 Å². The third-order valence-electron chi connectivity index (χ3n) is 3.49. The predicted octanol–water partition coefficient (Wildman–Crippen LogP) is 2.24. The van der Waals surface area contributed by atoms with Gasteiger partial charge in [0.15, 0.2) is 0 Å². The lowest BCUT2D eigenvalue weighted by Crippen LogP contribution is -2.55. The van der Waals surface area contributed by atoms with E-state index in [4.69, 9.17) is 5.73 Å². The molecule has 4 heteroatoms. The Morgan fingerprint density at radius 2 is 2.06 bits per heavy atom. The van der Waals surface area contributed by atoms with Crippen LogP contribution in [0.3, 0.4) is 0 Å². The van der Waals surface area contributed by atoms with Gasteiger partial charge >= 0.3 is 0 Å². The largest absolute Gasteiger partial charge is 0.368 e. The third kappa shape index (κ3) is 3.56. The molecule has 1 aliphatic carbocycles. The maximum Gasteiger partial charge on any atom is 0.237 e. The molecule has 1 amide bonds. The van der Waals surface area contributed by atoms with Gasteiger partial charge in [0, 0.05) is 4.47 Å². The molecule has 98 valence electrons. The second kappa shape index (κ2) is 5.41. The van der Waals surface area contributed by atoms with E-state index < -0.39 is 5.54 Å². The molecule has 0 saturated heterocycles. The lowest BCUT2D eigenvalue weighted by molar-refractivity contribution is -0.123. The molecule has 1 atom stereocenters. The first-order chi connectivity index (χ1) is 8.49. The smallest absolute Gasteiger partial charge is 0.237 e. The van der Waals surface area contributed by atoms with Gasteiger partial charge in [-0.25, -0.2) is 0 Å². The minimum atomic E-state index is -0.656. The van der Waals surface area contributed by atoms with Crippen LogP contribution >= 0.6 is 15.9 Å². The van der Waals surface area contributed by atoms with E-state index in [1.54, 1.807) is 0 Å². The van der Waals surface area contributed by atoms with Gasteiger partial charge in [-0.1, -0.05) is 28.1 Å². The molecule has 1 unspecified atom stereocenters. The van der Waals surface area contributed by atoms with Crippen LogP contribution in [0.2, 0.25) is 0 Å². The van der Waals surface area contributed by atoms with Crippen molar-refractivity contribution in [3.63, 3.8) is 0 Å². The average Bonchev–Trinajstić information content (AvgIpc) is 3.13. The van der Waals surface area contributed by atoms with Crippen molar-refractivity contribution < 1.29 is 4.79 Å². The molecular weight excluding hydrogens is 292 g/mol. The van der Waals surface area contributed by atoms with Crippen LogP contribution in [-0.4, -0.2) is 18.0 Å². The van der Waals surface area contributed by atoms with Crippen molar-refractivity contribution in [2.45, 2.75) is 31.7 Å². The number of hydrogen-bond donors (Lipinski definition) is 2. The summed E-state index contributed by atoms with van der Waals surface area (Å²) < 4.78 is 1.04. The third-order valence-corrected chi connectivity index (χ3v) is 4.02. The van der Waals surface area contributed by atoms with E-state index in [-0.39, 0.29) is 5.91 Å². The maximum atomic E-state index is 11.7. The molecule has 0 bridgehead atoms. The van der Waals surface area contributed by atoms with Gasteiger partial charge in [0.1, 0.15) is 0 Å². The summed E-state index contributed by atoms with van der Waals surface area (Å²) in [6.45, 7) is 2.77. The highest BCUT2D eigenvalue weighted by Gasteiger charge is 2.33. The summed E-state index contributed by atoms with van der Waals surface area (Å²) in [6, 6.07) is 8.00. The highest BCUT2D eigenvalue weighted by Crippen LogP contribution is 2.28. The van der Waals surface area contributed by atoms with Crippen molar-refractivity contribution in [2.24, 2.45) is 11.7 Å². The maximum absolute atomic E-state index is 11.7. The molecule has 0 radical (unpaired) electrons. The van der Waals surface area contributed by atoms with Gasteiger partial charge in [0.2, 0.25) is 5.91 Å². The van der Waals surface area contributed by atoms with Gasteiger partial charge in [-0.2, -0.15) is 0 Å². The Labute approximate surface area is 116 Å². The average molecular weight is 311 g/mol. The van der Waals surface area contributed by atoms with Gasteiger partial charge in [-0.15, -0.1) is 0 Å². The van der Waals surface area contributed by atoms with E-state index in [0.29, 0.717) is 6.42 Å².